The summed E-state index contributed by atoms with van der Waals surface area (Å²) in [6.45, 7) is 4.79. The number of hydrogen-bond acceptors (Lipinski definition) is 1. The predicted molar refractivity (Wildman–Crippen MR) is 241 cm³/mol. The van der Waals surface area contributed by atoms with Crippen LogP contribution in [0.4, 0.5) is 17.1 Å². The third-order valence-corrected chi connectivity index (χ3v) is 12.1. The van der Waals surface area contributed by atoms with Crippen molar-refractivity contribution < 1.29 is 0 Å². The van der Waals surface area contributed by atoms with E-state index < -0.39 is 0 Å². The lowest BCUT2D eigenvalue weighted by atomic mass is 9.81. The maximum absolute atomic E-state index is 2.54. The standard InChI is InChI=1S/C55H40N2/c1-55(2)51-20-12-11-19-47(51)49-33-34-50-48-32-31-46(36-52(48)57(54(50)53(49)55)45-30-25-39-17-9-10-18-42(39)35-45)56(43-26-21-40(22-27-43)37-13-5-3-6-14-37)44-28-23-41(24-29-44)38-15-7-4-8-16-38/h3-36H,1-2H3. The largest absolute Gasteiger partial charge is 0.310 e. The molecule has 0 radical (unpaired) electrons. The molecule has 270 valence electrons. The maximum atomic E-state index is 2.54. The van der Waals surface area contributed by atoms with Crippen molar-refractivity contribution in [2.45, 2.75) is 19.3 Å². The van der Waals surface area contributed by atoms with Gasteiger partial charge in [0.2, 0.25) is 0 Å². The Bertz CT molecular complexity index is 3030. The molecule has 1 aliphatic carbocycles. The van der Waals surface area contributed by atoms with E-state index in [4.69, 9.17) is 0 Å². The number of benzene rings is 9. The number of aromatic nitrogens is 1. The molecule has 0 bridgehead atoms. The minimum absolute atomic E-state index is 0.176. The summed E-state index contributed by atoms with van der Waals surface area (Å²) in [4.78, 5) is 2.40. The van der Waals surface area contributed by atoms with Gasteiger partial charge in [-0.1, -0.05) is 172 Å². The summed E-state index contributed by atoms with van der Waals surface area (Å²) < 4.78 is 2.54. The van der Waals surface area contributed by atoms with Crippen molar-refractivity contribution in [2.75, 3.05) is 4.90 Å². The molecular weight excluding hydrogens is 689 g/mol. The van der Waals surface area contributed by atoms with Crippen LogP contribution >= 0.6 is 0 Å². The smallest absolute Gasteiger partial charge is 0.0588 e. The first-order chi connectivity index (χ1) is 28.0. The predicted octanol–water partition coefficient (Wildman–Crippen LogP) is 15.0. The Labute approximate surface area is 333 Å². The first kappa shape index (κ1) is 33.2. The van der Waals surface area contributed by atoms with Crippen LogP contribution in [-0.4, -0.2) is 4.57 Å². The molecule has 57 heavy (non-hydrogen) atoms. The molecule has 1 aliphatic rings. The summed E-state index contributed by atoms with van der Waals surface area (Å²) in [5, 5.41) is 4.99. The maximum Gasteiger partial charge on any atom is 0.0588 e. The van der Waals surface area contributed by atoms with Crippen molar-refractivity contribution in [3.05, 3.63) is 217 Å². The van der Waals surface area contributed by atoms with Crippen LogP contribution in [0.2, 0.25) is 0 Å². The Morgan fingerprint density at radius 2 is 0.947 bits per heavy atom. The lowest BCUT2D eigenvalue weighted by Crippen LogP contribution is -2.16. The van der Waals surface area contributed by atoms with Crippen LogP contribution in [0.25, 0.3) is 71.6 Å². The van der Waals surface area contributed by atoms with Gasteiger partial charge in [0.1, 0.15) is 0 Å². The lowest BCUT2D eigenvalue weighted by Gasteiger charge is -2.26. The zero-order chi connectivity index (χ0) is 38.1. The summed E-state index contributed by atoms with van der Waals surface area (Å²) in [7, 11) is 0. The first-order valence-corrected chi connectivity index (χ1v) is 19.8. The fourth-order valence-corrected chi connectivity index (χ4v) is 9.39. The molecule has 1 aromatic heterocycles. The van der Waals surface area contributed by atoms with Crippen LogP contribution in [0.1, 0.15) is 25.0 Å². The lowest BCUT2D eigenvalue weighted by molar-refractivity contribution is 0.664. The van der Waals surface area contributed by atoms with E-state index in [-0.39, 0.29) is 5.41 Å². The third kappa shape index (κ3) is 5.33. The second-order valence-corrected chi connectivity index (χ2v) is 15.8. The van der Waals surface area contributed by atoms with E-state index in [0.29, 0.717) is 0 Å². The van der Waals surface area contributed by atoms with E-state index in [2.05, 4.69) is 230 Å². The number of anilines is 3. The Morgan fingerprint density at radius 1 is 0.404 bits per heavy atom. The molecule has 0 aliphatic heterocycles. The van der Waals surface area contributed by atoms with Gasteiger partial charge in [-0.2, -0.15) is 0 Å². The molecule has 2 nitrogen and oxygen atoms in total. The van der Waals surface area contributed by atoms with Crippen molar-refractivity contribution in [3.8, 4) is 39.1 Å². The minimum atomic E-state index is -0.176. The molecule has 11 rings (SSSR count). The number of nitrogens with zero attached hydrogens (tertiary/aromatic N) is 2. The normalized spacial score (nSPS) is 12.9. The van der Waals surface area contributed by atoms with Gasteiger partial charge >= 0.3 is 0 Å². The van der Waals surface area contributed by atoms with Crippen molar-refractivity contribution in [3.63, 3.8) is 0 Å². The van der Waals surface area contributed by atoms with Crippen LogP contribution in [0, 0.1) is 0 Å². The van der Waals surface area contributed by atoms with Gasteiger partial charge in [0.25, 0.3) is 0 Å². The Hall–Kier alpha value is -7.16. The van der Waals surface area contributed by atoms with Gasteiger partial charge in [-0.15, -0.1) is 0 Å². The second-order valence-electron chi connectivity index (χ2n) is 15.8. The minimum Gasteiger partial charge on any atom is -0.310 e. The zero-order valence-electron chi connectivity index (χ0n) is 32.0. The summed E-state index contributed by atoms with van der Waals surface area (Å²) in [5.41, 5.74) is 17.0. The highest BCUT2D eigenvalue weighted by molar-refractivity contribution is 6.14. The van der Waals surface area contributed by atoms with Gasteiger partial charge in [0.15, 0.2) is 0 Å². The van der Waals surface area contributed by atoms with E-state index in [1.54, 1.807) is 0 Å². The Kier molecular flexibility index (Phi) is 7.55. The molecular formula is C55H40N2. The molecule has 0 fully saturated rings. The molecule has 0 unspecified atom stereocenters. The number of fused-ring (bicyclic) bond motifs is 8. The molecule has 0 saturated heterocycles. The average molecular weight is 729 g/mol. The molecule has 0 spiro atoms. The highest BCUT2D eigenvalue weighted by atomic mass is 15.1. The molecule has 0 atom stereocenters. The van der Waals surface area contributed by atoms with Gasteiger partial charge < -0.3 is 9.47 Å². The van der Waals surface area contributed by atoms with Gasteiger partial charge in [-0.05, 0) is 104 Å². The highest BCUT2D eigenvalue weighted by Crippen LogP contribution is 2.53. The van der Waals surface area contributed by atoms with E-state index in [1.807, 2.05) is 0 Å². The van der Waals surface area contributed by atoms with Crippen molar-refractivity contribution >= 4 is 49.6 Å². The summed E-state index contributed by atoms with van der Waals surface area (Å²) in [6, 6.07) is 75.5. The van der Waals surface area contributed by atoms with Gasteiger partial charge in [-0.3, -0.25) is 0 Å². The van der Waals surface area contributed by atoms with Crippen molar-refractivity contribution in [2.24, 2.45) is 0 Å². The Balaban J connectivity index is 1.16. The van der Waals surface area contributed by atoms with Crippen molar-refractivity contribution in [1.29, 1.82) is 0 Å². The average Bonchev–Trinajstić information content (AvgIpc) is 3.72. The molecule has 0 amide bonds. The van der Waals surface area contributed by atoms with Gasteiger partial charge in [0, 0.05) is 38.9 Å². The van der Waals surface area contributed by atoms with Gasteiger partial charge in [0.05, 0.1) is 11.0 Å². The molecule has 0 N–H and O–H groups in total. The highest BCUT2D eigenvalue weighted by Gasteiger charge is 2.38. The number of rotatable bonds is 6. The van der Waals surface area contributed by atoms with Crippen LogP contribution in [0.5, 0.6) is 0 Å². The molecule has 10 aromatic rings. The van der Waals surface area contributed by atoms with Crippen LogP contribution in [-0.2, 0) is 5.41 Å². The molecule has 2 heteroatoms. The van der Waals surface area contributed by atoms with E-state index >= 15 is 0 Å². The van der Waals surface area contributed by atoms with E-state index in [9.17, 15) is 0 Å². The molecule has 0 saturated carbocycles. The second kappa shape index (κ2) is 13.0. The quantitative estimate of drug-likeness (QED) is 0.165. The van der Waals surface area contributed by atoms with Gasteiger partial charge in [-0.25, -0.2) is 0 Å². The fourth-order valence-electron chi connectivity index (χ4n) is 9.39. The van der Waals surface area contributed by atoms with Crippen LogP contribution < -0.4 is 4.90 Å². The van der Waals surface area contributed by atoms with Crippen LogP contribution in [0.15, 0.2) is 206 Å². The van der Waals surface area contributed by atoms with Crippen LogP contribution in [0.3, 0.4) is 0 Å². The Morgan fingerprint density at radius 3 is 1.61 bits per heavy atom. The molecule has 9 aromatic carbocycles. The van der Waals surface area contributed by atoms with E-state index in [0.717, 1.165) is 22.7 Å². The fraction of sp³-hybridized carbons (Fsp3) is 0.0545. The zero-order valence-corrected chi connectivity index (χ0v) is 32.0. The topological polar surface area (TPSA) is 8.17 Å². The SMILES string of the molecule is CC1(C)c2ccccc2-c2ccc3c4ccc(N(c5ccc(-c6ccccc6)cc5)c5ccc(-c6ccccc6)cc5)cc4n(-c4ccc5ccccc5c4)c3c21. The summed E-state index contributed by atoms with van der Waals surface area (Å²) in [6.07, 6.45) is 0. The first-order valence-electron chi connectivity index (χ1n) is 19.8. The third-order valence-electron chi connectivity index (χ3n) is 12.1. The summed E-state index contributed by atoms with van der Waals surface area (Å²) >= 11 is 0. The number of hydrogen-bond donors (Lipinski definition) is 0. The van der Waals surface area contributed by atoms with E-state index in [1.165, 1.54) is 77.1 Å². The summed E-state index contributed by atoms with van der Waals surface area (Å²) in [5.74, 6) is 0. The monoisotopic (exact) mass is 728 g/mol. The molecule has 1 heterocycles. The van der Waals surface area contributed by atoms with Crippen molar-refractivity contribution in [1.82, 2.24) is 4.57 Å².